The van der Waals surface area contributed by atoms with Crippen molar-refractivity contribution in [3.63, 3.8) is 0 Å². The molecule has 0 N–H and O–H groups in total. The number of halogens is 1. The minimum Gasteiger partial charge on any atom is -0.0645 e. The van der Waals surface area contributed by atoms with Crippen molar-refractivity contribution in [1.82, 2.24) is 0 Å². The molecule has 1 saturated carbocycles. The van der Waals surface area contributed by atoms with Gasteiger partial charge in [-0.25, -0.2) is 0 Å². The first-order valence-electron chi connectivity index (χ1n) is 5.96. The van der Waals surface area contributed by atoms with Crippen LogP contribution in [0.25, 0.3) is 0 Å². The second kappa shape index (κ2) is 4.83. The molecule has 0 radical (unpaired) electrons. The van der Waals surface area contributed by atoms with Crippen molar-refractivity contribution < 1.29 is 0 Å². The Labute approximate surface area is 97.3 Å². The fourth-order valence-electron chi connectivity index (χ4n) is 2.62. The lowest BCUT2D eigenvalue weighted by molar-refractivity contribution is 0.172. The molecule has 0 aromatic carbocycles. The molecule has 0 unspecified atom stereocenters. The summed E-state index contributed by atoms with van der Waals surface area (Å²) in [5.74, 6) is 0.647. The van der Waals surface area contributed by atoms with E-state index < -0.39 is 0 Å². The summed E-state index contributed by atoms with van der Waals surface area (Å²) in [6.45, 7) is 9.20. The maximum absolute atomic E-state index is 3.80. The fourth-order valence-corrected chi connectivity index (χ4v) is 3.32. The van der Waals surface area contributed by atoms with Crippen molar-refractivity contribution in [1.29, 1.82) is 0 Å². The highest BCUT2D eigenvalue weighted by atomic mass is 79.9. The smallest absolute Gasteiger partial charge is 0.00264 e. The lowest BCUT2D eigenvalue weighted by Gasteiger charge is -2.44. The van der Waals surface area contributed by atoms with Crippen molar-refractivity contribution in [2.45, 2.75) is 59.8 Å². The van der Waals surface area contributed by atoms with Gasteiger partial charge in [-0.15, -0.1) is 0 Å². The highest BCUT2D eigenvalue weighted by Crippen LogP contribution is 2.53. The van der Waals surface area contributed by atoms with E-state index in [2.05, 4.69) is 43.6 Å². The van der Waals surface area contributed by atoms with E-state index in [0.29, 0.717) is 11.3 Å². The average molecular weight is 259 g/mol. The molecule has 0 aromatic rings. The fraction of sp³-hybridized carbons (Fsp3) is 0.846. The summed E-state index contributed by atoms with van der Waals surface area (Å²) in [7, 11) is 0. The van der Waals surface area contributed by atoms with Crippen LogP contribution in [0.4, 0.5) is 0 Å². The number of hydrogen-bond acceptors (Lipinski definition) is 0. The maximum Gasteiger partial charge on any atom is -0.00264 e. The van der Waals surface area contributed by atoms with Gasteiger partial charge in [0.15, 0.2) is 0 Å². The molecule has 0 saturated heterocycles. The Kier molecular flexibility index (Phi) is 4.24. The minimum absolute atomic E-state index is 0.567. The van der Waals surface area contributed by atoms with E-state index >= 15 is 0 Å². The number of allylic oxidation sites excluding steroid dienone is 2. The number of rotatable bonds is 4. The van der Waals surface area contributed by atoms with Gasteiger partial charge >= 0.3 is 0 Å². The third-order valence-corrected chi connectivity index (χ3v) is 5.17. The van der Waals surface area contributed by atoms with Crippen molar-refractivity contribution in [3.8, 4) is 0 Å². The van der Waals surface area contributed by atoms with Gasteiger partial charge in [0.05, 0.1) is 0 Å². The molecule has 0 aromatic heterocycles. The topological polar surface area (TPSA) is 0 Å². The second-order valence-corrected chi connectivity index (χ2v) is 5.68. The molecule has 0 heterocycles. The molecule has 1 fully saturated rings. The van der Waals surface area contributed by atoms with E-state index in [1.165, 1.54) is 36.6 Å². The first kappa shape index (κ1) is 12.3. The van der Waals surface area contributed by atoms with Gasteiger partial charge in [-0.1, -0.05) is 55.6 Å². The normalized spacial score (nSPS) is 21.9. The molecule has 14 heavy (non-hydrogen) atoms. The minimum atomic E-state index is 0.567. The quantitative estimate of drug-likeness (QED) is 0.644. The van der Waals surface area contributed by atoms with Gasteiger partial charge < -0.3 is 0 Å². The van der Waals surface area contributed by atoms with Crippen molar-refractivity contribution >= 4 is 15.9 Å². The van der Waals surface area contributed by atoms with Crippen molar-refractivity contribution in [2.24, 2.45) is 11.3 Å². The van der Waals surface area contributed by atoms with E-state index in [1.54, 1.807) is 5.57 Å². The second-order valence-electron chi connectivity index (χ2n) is 4.82. The third kappa shape index (κ3) is 2.08. The lowest BCUT2D eigenvalue weighted by atomic mass is 9.61. The molecule has 0 nitrogen and oxygen atoms in total. The monoisotopic (exact) mass is 258 g/mol. The molecule has 0 amide bonds. The highest BCUT2D eigenvalue weighted by Gasteiger charge is 2.39. The summed E-state index contributed by atoms with van der Waals surface area (Å²) in [6, 6.07) is 0. The zero-order valence-electron chi connectivity index (χ0n) is 9.99. The summed E-state index contributed by atoms with van der Waals surface area (Å²) >= 11 is 3.80. The van der Waals surface area contributed by atoms with Crippen LogP contribution in [-0.2, 0) is 0 Å². The Hall–Kier alpha value is 0.220. The molecule has 0 aliphatic heterocycles. The van der Waals surface area contributed by atoms with Gasteiger partial charge in [-0.3, -0.25) is 0 Å². The summed E-state index contributed by atoms with van der Waals surface area (Å²) < 4.78 is 1.47. The maximum atomic E-state index is 3.80. The van der Waals surface area contributed by atoms with E-state index in [9.17, 15) is 0 Å². The predicted molar refractivity (Wildman–Crippen MR) is 67.7 cm³/mol. The van der Waals surface area contributed by atoms with Crippen LogP contribution in [0.15, 0.2) is 10.1 Å². The van der Waals surface area contributed by atoms with Crippen LogP contribution in [0, 0.1) is 11.3 Å². The van der Waals surface area contributed by atoms with Crippen LogP contribution in [0.1, 0.15) is 59.8 Å². The van der Waals surface area contributed by atoms with Crippen LogP contribution >= 0.6 is 15.9 Å². The third-order valence-electron chi connectivity index (χ3n) is 3.78. The molecule has 1 aliphatic rings. The van der Waals surface area contributed by atoms with Gasteiger partial charge in [-0.05, 0) is 41.5 Å². The van der Waals surface area contributed by atoms with Gasteiger partial charge in [0.25, 0.3) is 0 Å². The summed E-state index contributed by atoms with van der Waals surface area (Å²) in [5.41, 5.74) is 2.26. The average Bonchev–Trinajstić information content (AvgIpc) is 2.09. The Morgan fingerprint density at radius 2 is 1.86 bits per heavy atom. The molecule has 82 valence electrons. The molecule has 0 spiro atoms. The molecule has 0 bridgehead atoms. The van der Waals surface area contributed by atoms with E-state index in [0.717, 1.165) is 0 Å². The van der Waals surface area contributed by atoms with E-state index in [1.807, 2.05) is 0 Å². The first-order chi connectivity index (χ1) is 6.57. The summed E-state index contributed by atoms with van der Waals surface area (Å²) in [4.78, 5) is 0. The van der Waals surface area contributed by atoms with Gasteiger partial charge in [0.1, 0.15) is 0 Å². The summed E-state index contributed by atoms with van der Waals surface area (Å²) in [6.07, 6.45) is 6.78. The molecule has 1 rings (SSSR count). The van der Waals surface area contributed by atoms with Crippen LogP contribution in [0.3, 0.4) is 0 Å². The van der Waals surface area contributed by atoms with E-state index in [-0.39, 0.29) is 0 Å². The lowest BCUT2D eigenvalue weighted by Crippen LogP contribution is -2.31. The number of hydrogen-bond donors (Lipinski definition) is 0. The van der Waals surface area contributed by atoms with Gasteiger partial charge in [0.2, 0.25) is 0 Å². The van der Waals surface area contributed by atoms with Gasteiger partial charge in [-0.2, -0.15) is 0 Å². The van der Waals surface area contributed by atoms with Crippen LogP contribution in [0.5, 0.6) is 0 Å². The molecule has 0 atom stereocenters. The molecular weight excluding hydrogens is 236 g/mol. The molecule has 1 aliphatic carbocycles. The summed E-state index contributed by atoms with van der Waals surface area (Å²) in [5, 5.41) is 0. The van der Waals surface area contributed by atoms with Gasteiger partial charge in [0, 0.05) is 0 Å². The molecular formula is C13H23Br. The Morgan fingerprint density at radius 3 is 2.07 bits per heavy atom. The first-order valence-corrected chi connectivity index (χ1v) is 6.75. The Bertz CT molecular complexity index is 216. The standard InChI is InChI=1S/C13H23Br/c1-5-11(12(14)10(3)4)13(6-2)8-7-9-13/h10H,5-9H2,1-4H3/b12-11-. The zero-order chi connectivity index (χ0) is 10.8. The van der Waals surface area contributed by atoms with E-state index in [4.69, 9.17) is 0 Å². The SMILES string of the molecule is CC/C(=C(/Br)C(C)C)C1(CC)CCC1. The Morgan fingerprint density at radius 1 is 1.29 bits per heavy atom. The predicted octanol–water partition coefficient (Wildman–Crippen LogP) is 5.28. The van der Waals surface area contributed by atoms with Crippen molar-refractivity contribution in [2.75, 3.05) is 0 Å². The molecule has 1 heteroatoms. The van der Waals surface area contributed by atoms with Crippen LogP contribution in [-0.4, -0.2) is 0 Å². The Balaban J connectivity index is 2.95. The van der Waals surface area contributed by atoms with Crippen LogP contribution in [0.2, 0.25) is 0 Å². The largest absolute Gasteiger partial charge is 0.0645 e. The van der Waals surface area contributed by atoms with Crippen LogP contribution < -0.4 is 0 Å². The highest BCUT2D eigenvalue weighted by molar-refractivity contribution is 9.11. The zero-order valence-corrected chi connectivity index (χ0v) is 11.6. The van der Waals surface area contributed by atoms with Crippen molar-refractivity contribution in [3.05, 3.63) is 10.1 Å².